The first-order valence-corrected chi connectivity index (χ1v) is 10.7. The molecule has 0 spiro atoms. The Morgan fingerprint density at radius 1 is 1.06 bits per heavy atom. The second-order valence-electron chi connectivity index (χ2n) is 7.92. The fourth-order valence-corrected chi connectivity index (χ4v) is 3.82. The molecule has 0 atom stereocenters. The molecule has 4 aromatic rings. The first-order chi connectivity index (χ1) is 16.2. The lowest BCUT2D eigenvalue weighted by molar-refractivity contribution is -0.137. The normalized spacial score (nSPS) is 14.2. The molecule has 1 aliphatic rings. The number of aryl methyl sites for hydroxylation is 2. The van der Waals surface area contributed by atoms with Crippen LogP contribution in [0.15, 0.2) is 23.0 Å². The van der Waals surface area contributed by atoms with Crippen molar-refractivity contribution in [3.8, 4) is 22.5 Å². The minimum Gasteiger partial charge on any atom is -0.368 e. The third kappa shape index (κ3) is 4.72. The van der Waals surface area contributed by atoms with Crippen molar-refractivity contribution in [3.63, 3.8) is 0 Å². The number of piperidine rings is 1. The van der Waals surface area contributed by atoms with E-state index in [0.29, 0.717) is 23.2 Å². The minimum atomic E-state index is -4.71. The van der Waals surface area contributed by atoms with Gasteiger partial charge in [0, 0.05) is 23.3 Å². The van der Waals surface area contributed by atoms with Crippen molar-refractivity contribution in [2.45, 2.75) is 39.3 Å². The van der Waals surface area contributed by atoms with Crippen LogP contribution in [0, 0.1) is 19.7 Å². The topological polar surface area (TPSA) is 119 Å². The summed E-state index contributed by atoms with van der Waals surface area (Å²) in [6.07, 6.45) is 1.37. The molecular formula is C22H23F4N7O. The lowest BCUT2D eigenvalue weighted by Gasteiger charge is -2.11. The van der Waals surface area contributed by atoms with E-state index >= 15 is 0 Å². The summed E-state index contributed by atoms with van der Waals surface area (Å²) < 4.78 is 59.9. The van der Waals surface area contributed by atoms with E-state index in [1.54, 1.807) is 13.8 Å². The van der Waals surface area contributed by atoms with Gasteiger partial charge < -0.3 is 20.6 Å². The van der Waals surface area contributed by atoms with Gasteiger partial charge in [0.25, 0.3) is 0 Å². The van der Waals surface area contributed by atoms with Crippen molar-refractivity contribution in [2.75, 3.05) is 18.8 Å². The summed E-state index contributed by atoms with van der Waals surface area (Å²) in [6, 6.07) is 1.09. The summed E-state index contributed by atoms with van der Waals surface area (Å²) >= 11 is 0. The Morgan fingerprint density at radius 3 is 2.35 bits per heavy atom. The van der Waals surface area contributed by atoms with E-state index in [1.807, 2.05) is 0 Å². The molecule has 0 bridgehead atoms. The quantitative estimate of drug-likeness (QED) is 0.355. The zero-order valence-electron chi connectivity index (χ0n) is 18.6. The van der Waals surface area contributed by atoms with E-state index in [0.717, 1.165) is 6.07 Å². The van der Waals surface area contributed by atoms with Crippen LogP contribution in [0.25, 0.3) is 33.5 Å². The highest BCUT2D eigenvalue weighted by Gasteiger charge is 2.36. The van der Waals surface area contributed by atoms with Gasteiger partial charge in [0.1, 0.15) is 28.5 Å². The van der Waals surface area contributed by atoms with Gasteiger partial charge in [0.05, 0.1) is 17.0 Å². The molecular weight excluding hydrogens is 454 g/mol. The van der Waals surface area contributed by atoms with Gasteiger partial charge in [-0.15, -0.1) is 0 Å². The van der Waals surface area contributed by atoms with E-state index in [9.17, 15) is 17.6 Å². The number of nitrogens with one attached hydrogen (secondary N) is 2. The number of pyridine rings is 1. The standard InChI is InChI=1S/C17H12F4N6O.C5H11N/c1-6-12(7(2)28-27-6)14-11(18)3-8-9(4-23-15(8)25-14)13-10(17(19,20)21)5-24-16(22)26-13;1-2-4-6-5-3-1/h3-5H,1-2H3,(H,23,25)(H2,22,24,26);6H,1-5H2. The van der Waals surface area contributed by atoms with Gasteiger partial charge >= 0.3 is 6.18 Å². The zero-order valence-corrected chi connectivity index (χ0v) is 18.6. The van der Waals surface area contributed by atoms with Crippen molar-refractivity contribution in [1.29, 1.82) is 0 Å². The first-order valence-electron chi connectivity index (χ1n) is 10.7. The fraction of sp³-hybridized carbons (Fsp3) is 0.364. The van der Waals surface area contributed by atoms with Gasteiger partial charge in [-0.1, -0.05) is 11.6 Å². The molecule has 8 nitrogen and oxygen atoms in total. The van der Waals surface area contributed by atoms with Crippen molar-refractivity contribution < 1.29 is 22.1 Å². The number of nitrogens with two attached hydrogens (primary N) is 1. The number of alkyl halides is 3. The van der Waals surface area contributed by atoms with Crippen LogP contribution in [0.5, 0.6) is 0 Å². The first kappa shape index (κ1) is 23.6. The number of hydrogen-bond donors (Lipinski definition) is 3. The largest absolute Gasteiger partial charge is 0.419 e. The number of anilines is 1. The molecule has 34 heavy (non-hydrogen) atoms. The maximum absolute atomic E-state index is 14.8. The molecule has 0 aromatic carbocycles. The molecule has 0 radical (unpaired) electrons. The Hall–Kier alpha value is -3.54. The summed E-state index contributed by atoms with van der Waals surface area (Å²) in [5, 5.41) is 7.17. The number of halogens is 4. The average Bonchev–Trinajstić information content (AvgIpc) is 3.36. The van der Waals surface area contributed by atoms with Gasteiger partial charge in [-0.3, -0.25) is 0 Å². The summed E-state index contributed by atoms with van der Waals surface area (Å²) in [5.74, 6) is -0.700. The van der Waals surface area contributed by atoms with Crippen LogP contribution in [0.2, 0.25) is 0 Å². The second-order valence-corrected chi connectivity index (χ2v) is 7.92. The Morgan fingerprint density at radius 2 is 1.79 bits per heavy atom. The van der Waals surface area contributed by atoms with E-state index in [4.69, 9.17) is 10.3 Å². The summed E-state index contributed by atoms with van der Waals surface area (Å²) in [6.45, 7) is 5.75. The van der Waals surface area contributed by atoms with E-state index < -0.39 is 23.3 Å². The van der Waals surface area contributed by atoms with Gasteiger partial charge in [0.15, 0.2) is 0 Å². The monoisotopic (exact) mass is 477 g/mol. The van der Waals surface area contributed by atoms with Crippen LogP contribution in [0.1, 0.15) is 36.3 Å². The number of hydrogen-bond acceptors (Lipinski definition) is 7. The number of aromatic nitrogens is 5. The number of H-pyrrole nitrogens is 1. The molecule has 1 fully saturated rings. The second kappa shape index (κ2) is 9.37. The number of fused-ring (bicyclic) bond motifs is 1. The van der Waals surface area contributed by atoms with Gasteiger partial charge in [-0.05, 0) is 45.8 Å². The number of nitrogens with zero attached hydrogens (tertiary/aromatic N) is 4. The minimum absolute atomic E-state index is 0.00753. The average molecular weight is 477 g/mol. The van der Waals surface area contributed by atoms with E-state index in [2.05, 4.69) is 30.4 Å². The van der Waals surface area contributed by atoms with Crippen molar-refractivity contribution >= 4 is 17.0 Å². The highest BCUT2D eigenvalue weighted by Crippen LogP contribution is 2.39. The molecule has 0 amide bonds. The van der Waals surface area contributed by atoms with Gasteiger partial charge in [0.2, 0.25) is 5.95 Å². The predicted octanol–water partition coefficient (Wildman–Crippen LogP) is 4.79. The van der Waals surface area contributed by atoms with Crippen molar-refractivity contribution in [3.05, 3.63) is 41.3 Å². The molecule has 1 saturated heterocycles. The Labute approximate surface area is 192 Å². The molecule has 12 heteroatoms. The molecule has 180 valence electrons. The van der Waals surface area contributed by atoms with Crippen LogP contribution in [-0.4, -0.2) is 38.2 Å². The van der Waals surface area contributed by atoms with Crippen LogP contribution in [-0.2, 0) is 6.18 Å². The third-order valence-corrected chi connectivity index (χ3v) is 5.46. The summed E-state index contributed by atoms with van der Waals surface area (Å²) in [7, 11) is 0. The van der Waals surface area contributed by atoms with Crippen LogP contribution >= 0.6 is 0 Å². The number of nitrogen functional groups attached to an aromatic ring is 1. The number of rotatable bonds is 2. The van der Waals surface area contributed by atoms with Crippen LogP contribution in [0.4, 0.5) is 23.5 Å². The van der Waals surface area contributed by atoms with Crippen LogP contribution in [0.3, 0.4) is 0 Å². The SMILES string of the molecule is C1CCNCC1.Cc1noc(C)c1-c1nc2[nH]cc(-c3nc(N)ncc3C(F)(F)F)c2cc1F. The van der Waals surface area contributed by atoms with Gasteiger partial charge in [-0.2, -0.15) is 13.2 Å². The molecule has 4 aromatic heterocycles. The summed E-state index contributed by atoms with van der Waals surface area (Å²) in [5.41, 5.74) is 4.92. The highest BCUT2D eigenvalue weighted by molar-refractivity contribution is 5.94. The lowest BCUT2D eigenvalue weighted by Crippen LogP contribution is -2.21. The molecule has 1 aliphatic heterocycles. The maximum atomic E-state index is 14.8. The Balaban J connectivity index is 0.000000398. The molecule has 0 saturated carbocycles. The zero-order chi connectivity index (χ0) is 24.5. The van der Waals surface area contributed by atoms with Gasteiger partial charge in [-0.25, -0.2) is 19.3 Å². The van der Waals surface area contributed by atoms with Crippen LogP contribution < -0.4 is 11.1 Å². The van der Waals surface area contributed by atoms with Crippen molar-refractivity contribution in [2.24, 2.45) is 0 Å². The summed E-state index contributed by atoms with van der Waals surface area (Å²) in [4.78, 5) is 14.1. The maximum Gasteiger partial charge on any atom is 0.419 e. The molecule has 0 aliphatic carbocycles. The smallest absolute Gasteiger partial charge is 0.368 e. The predicted molar refractivity (Wildman–Crippen MR) is 118 cm³/mol. The Kier molecular flexibility index (Phi) is 6.51. The molecule has 5 rings (SSSR count). The van der Waals surface area contributed by atoms with E-state index in [-0.39, 0.29) is 28.2 Å². The van der Waals surface area contributed by atoms with Crippen molar-refractivity contribution in [1.82, 2.24) is 30.4 Å². The highest BCUT2D eigenvalue weighted by atomic mass is 19.4. The molecule has 0 unspecified atom stereocenters. The molecule has 5 heterocycles. The van der Waals surface area contributed by atoms with E-state index in [1.165, 1.54) is 38.5 Å². The fourth-order valence-electron chi connectivity index (χ4n) is 3.82. The number of aromatic amines is 1. The third-order valence-electron chi connectivity index (χ3n) is 5.46. The lowest BCUT2D eigenvalue weighted by atomic mass is 10.0. The Bertz CT molecular complexity index is 1280. The molecule has 4 N–H and O–H groups in total.